The summed E-state index contributed by atoms with van der Waals surface area (Å²) in [7, 11) is 0. The highest BCUT2D eigenvalue weighted by molar-refractivity contribution is 5.98. The Labute approximate surface area is 118 Å². The first-order chi connectivity index (χ1) is 9.69. The van der Waals surface area contributed by atoms with Crippen molar-refractivity contribution in [3.8, 4) is 5.75 Å². The van der Waals surface area contributed by atoms with Crippen LogP contribution in [0.1, 0.15) is 24.3 Å². The summed E-state index contributed by atoms with van der Waals surface area (Å²) < 4.78 is 5.44. The predicted octanol–water partition coefficient (Wildman–Crippen LogP) is 2.02. The number of benzene rings is 1. The Bertz CT molecular complexity index is 592. The molecule has 1 aromatic carbocycles. The number of hydrogen-bond donors (Lipinski definition) is 2. The van der Waals surface area contributed by atoms with Crippen molar-refractivity contribution in [1.82, 2.24) is 9.88 Å². The van der Waals surface area contributed by atoms with Gasteiger partial charge in [0.05, 0.1) is 13.2 Å². The van der Waals surface area contributed by atoms with Crippen LogP contribution in [-0.2, 0) is 0 Å². The zero-order chi connectivity index (χ0) is 14.5. The summed E-state index contributed by atoms with van der Waals surface area (Å²) in [5.41, 5.74) is 1.41. The van der Waals surface area contributed by atoms with Crippen LogP contribution in [0, 0.1) is 0 Å². The van der Waals surface area contributed by atoms with Gasteiger partial charge in [0, 0.05) is 30.1 Å². The molecule has 0 aliphatic carbocycles. The number of nitrogens with one attached hydrogen (secondary N) is 1. The van der Waals surface area contributed by atoms with Crippen molar-refractivity contribution in [3.05, 3.63) is 30.0 Å². The smallest absolute Gasteiger partial charge is 0.270 e. The third-order valence-corrected chi connectivity index (χ3v) is 3.17. The van der Waals surface area contributed by atoms with Gasteiger partial charge in [-0.25, -0.2) is 0 Å². The van der Waals surface area contributed by atoms with E-state index in [1.807, 2.05) is 38.1 Å². The first kappa shape index (κ1) is 14.4. The van der Waals surface area contributed by atoms with E-state index in [1.165, 1.54) is 0 Å². The number of aromatic amines is 1. The third kappa shape index (κ3) is 2.93. The van der Waals surface area contributed by atoms with E-state index < -0.39 is 0 Å². The van der Waals surface area contributed by atoms with Crippen LogP contribution in [0.3, 0.4) is 0 Å². The van der Waals surface area contributed by atoms with Crippen molar-refractivity contribution < 1.29 is 14.6 Å². The molecule has 0 atom stereocenters. The van der Waals surface area contributed by atoms with Crippen molar-refractivity contribution in [2.24, 2.45) is 0 Å². The van der Waals surface area contributed by atoms with Crippen LogP contribution < -0.4 is 4.74 Å². The number of nitrogens with zero attached hydrogens (tertiary/aromatic N) is 1. The Kier molecular flexibility index (Phi) is 4.63. The molecule has 1 heterocycles. The fraction of sp³-hybridized carbons (Fsp3) is 0.400. The maximum atomic E-state index is 12.3. The van der Waals surface area contributed by atoms with E-state index in [4.69, 9.17) is 9.84 Å². The molecular weight excluding hydrogens is 256 g/mol. The van der Waals surface area contributed by atoms with E-state index in [0.29, 0.717) is 25.4 Å². The molecule has 0 radical (unpaired) electrons. The van der Waals surface area contributed by atoms with E-state index in [1.54, 1.807) is 4.90 Å². The summed E-state index contributed by atoms with van der Waals surface area (Å²) in [6, 6.07) is 7.53. The Morgan fingerprint density at radius 2 is 2.15 bits per heavy atom. The Balaban J connectivity index is 2.28. The van der Waals surface area contributed by atoms with Crippen molar-refractivity contribution in [1.29, 1.82) is 0 Å². The van der Waals surface area contributed by atoms with Crippen LogP contribution in [-0.4, -0.2) is 47.2 Å². The van der Waals surface area contributed by atoms with Gasteiger partial charge in [0.1, 0.15) is 11.4 Å². The van der Waals surface area contributed by atoms with Crippen molar-refractivity contribution in [3.63, 3.8) is 0 Å². The minimum absolute atomic E-state index is 0.0334. The minimum atomic E-state index is -0.101. The molecule has 2 aromatic rings. The number of likely N-dealkylation sites (N-methyl/N-ethyl adjacent to an activating group) is 1. The molecule has 0 saturated carbocycles. The molecule has 0 bridgehead atoms. The quantitative estimate of drug-likeness (QED) is 0.848. The van der Waals surface area contributed by atoms with Gasteiger partial charge in [0.15, 0.2) is 0 Å². The molecule has 2 N–H and O–H groups in total. The maximum absolute atomic E-state index is 12.3. The number of hydrogen-bond acceptors (Lipinski definition) is 3. The molecule has 0 spiro atoms. The van der Waals surface area contributed by atoms with Crippen LogP contribution in [0.25, 0.3) is 10.9 Å². The van der Waals surface area contributed by atoms with Crippen LogP contribution >= 0.6 is 0 Å². The standard InChI is InChI=1S/C15H20N2O3/c1-3-17(7-8-18)15(19)14-9-11-5-6-12(20-4-2)10-13(11)16-14/h5-6,9-10,16,18H,3-4,7-8H2,1-2H3. The molecule has 0 aliphatic rings. The molecule has 20 heavy (non-hydrogen) atoms. The average Bonchev–Trinajstić information content (AvgIpc) is 2.87. The summed E-state index contributed by atoms with van der Waals surface area (Å²) in [5, 5.41) is 9.95. The van der Waals surface area contributed by atoms with Gasteiger partial charge in [-0.15, -0.1) is 0 Å². The van der Waals surface area contributed by atoms with Crippen LogP contribution in [0.2, 0.25) is 0 Å². The molecule has 0 aliphatic heterocycles. The van der Waals surface area contributed by atoms with Crippen molar-refractivity contribution in [2.45, 2.75) is 13.8 Å². The molecule has 0 fully saturated rings. The van der Waals surface area contributed by atoms with Gasteiger partial charge in [0.2, 0.25) is 0 Å². The number of rotatable bonds is 6. The monoisotopic (exact) mass is 276 g/mol. The fourth-order valence-corrected chi connectivity index (χ4v) is 2.17. The van der Waals surface area contributed by atoms with Gasteiger partial charge in [-0.05, 0) is 32.0 Å². The second-order valence-electron chi connectivity index (χ2n) is 4.47. The molecule has 1 amide bonds. The lowest BCUT2D eigenvalue weighted by Crippen LogP contribution is -2.33. The number of amides is 1. The number of carbonyl (C=O) groups excluding carboxylic acids is 1. The molecule has 2 rings (SSSR count). The van der Waals surface area contributed by atoms with Crippen LogP contribution in [0.4, 0.5) is 0 Å². The summed E-state index contributed by atoms with van der Waals surface area (Å²) in [5.74, 6) is 0.680. The summed E-state index contributed by atoms with van der Waals surface area (Å²) in [6.07, 6.45) is 0. The van der Waals surface area contributed by atoms with Crippen molar-refractivity contribution in [2.75, 3.05) is 26.3 Å². The predicted molar refractivity (Wildman–Crippen MR) is 78.1 cm³/mol. The number of ether oxygens (including phenoxy) is 1. The second-order valence-corrected chi connectivity index (χ2v) is 4.47. The van der Waals surface area contributed by atoms with Gasteiger partial charge in [-0.1, -0.05) is 0 Å². The zero-order valence-electron chi connectivity index (χ0n) is 11.8. The molecule has 0 saturated heterocycles. The molecule has 5 heteroatoms. The SMILES string of the molecule is CCOc1ccc2cc(C(=O)N(CC)CCO)[nH]c2c1. The van der Waals surface area contributed by atoms with E-state index in [0.717, 1.165) is 16.7 Å². The second kappa shape index (κ2) is 6.43. The summed E-state index contributed by atoms with van der Waals surface area (Å²) in [6.45, 7) is 5.31. The highest BCUT2D eigenvalue weighted by atomic mass is 16.5. The van der Waals surface area contributed by atoms with E-state index >= 15 is 0 Å². The molecule has 1 aromatic heterocycles. The molecule has 5 nitrogen and oxygen atoms in total. The average molecular weight is 276 g/mol. The Morgan fingerprint density at radius 1 is 1.35 bits per heavy atom. The Morgan fingerprint density at radius 3 is 2.80 bits per heavy atom. The molecular formula is C15H20N2O3. The number of aliphatic hydroxyl groups excluding tert-OH is 1. The number of aromatic nitrogens is 1. The fourth-order valence-electron chi connectivity index (χ4n) is 2.17. The largest absolute Gasteiger partial charge is 0.494 e. The van der Waals surface area contributed by atoms with Gasteiger partial charge < -0.3 is 19.7 Å². The summed E-state index contributed by atoms with van der Waals surface area (Å²) >= 11 is 0. The van der Waals surface area contributed by atoms with Gasteiger partial charge in [-0.3, -0.25) is 4.79 Å². The lowest BCUT2D eigenvalue weighted by Gasteiger charge is -2.18. The topological polar surface area (TPSA) is 65.6 Å². The number of carbonyl (C=O) groups is 1. The first-order valence-electron chi connectivity index (χ1n) is 6.85. The Hall–Kier alpha value is -2.01. The minimum Gasteiger partial charge on any atom is -0.494 e. The lowest BCUT2D eigenvalue weighted by atomic mass is 10.2. The van der Waals surface area contributed by atoms with E-state index in [9.17, 15) is 4.79 Å². The first-order valence-corrected chi connectivity index (χ1v) is 6.85. The van der Waals surface area contributed by atoms with E-state index in [2.05, 4.69) is 4.98 Å². The highest BCUT2D eigenvalue weighted by Crippen LogP contribution is 2.22. The summed E-state index contributed by atoms with van der Waals surface area (Å²) in [4.78, 5) is 17.0. The van der Waals surface area contributed by atoms with E-state index in [-0.39, 0.29) is 12.5 Å². The van der Waals surface area contributed by atoms with Crippen molar-refractivity contribution >= 4 is 16.8 Å². The number of fused-ring (bicyclic) bond motifs is 1. The maximum Gasteiger partial charge on any atom is 0.270 e. The van der Waals surface area contributed by atoms with Crippen LogP contribution in [0.15, 0.2) is 24.3 Å². The van der Waals surface area contributed by atoms with Gasteiger partial charge in [0.25, 0.3) is 5.91 Å². The number of aliphatic hydroxyl groups is 1. The molecule has 108 valence electrons. The zero-order valence-corrected chi connectivity index (χ0v) is 11.8. The van der Waals surface area contributed by atoms with Gasteiger partial charge >= 0.3 is 0 Å². The lowest BCUT2D eigenvalue weighted by molar-refractivity contribution is 0.0727. The normalized spacial score (nSPS) is 10.8. The number of H-pyrrole nitrogens is 1. The van der Waals surface area contributed by atoms with Gasteiger partial charge in [-0.2, -0.15) is 0 Å². The third-order valence-electron chi connectivity index (χ3n) is 3.17. The highest BCUT2D eigenvalue weighted by Gasteiger charge is 2.16. The van der Waals surface area contributed by atoms with Crippen LogP contribution in [0.5, 0.6) is 5.75 Å². The molecule has 0 unspecified atom stereocenters.